The first-order chi connectivity index (χ1) is 13.2. The molecule has 5 nitrogen and oxygen atoms in total. The van der Waals surface area contributed by atoms with E-state index in [0.29, 0.717) is 12.1 Å². The van der Waals surface area contributed by atoms with Gasteiger partial charge in [0.25, 0.3) is 0 Å². The molecule has 0 fully saturated rings. The molecule has 0 saturated carbocycles. The van der Waals surface area contributed by atoms with Gasteiger partial charge in [-0.15, -0.1) is 0 Å². The van der Waals surface area contributed by atoms with Crippen molar-refractivity contribution in [3.8, 4) is 0 Å². The second-order valence-electron chi connectivity index (χ2n) is 5.78. The molecule has 1 N–H and O–H groups in total. The molecule has 9 heteroatoms. The zero-order valence-electron chi connectivity index (χ0n) is 14.0. The highest BCUT2D eigenvalue weighted by atomic mass is 32.2. The summed E-state index contributed by atoms with van der Waals surface area (Å²) in [6.45, 7) is 0. The van der Waals surface area contributed by atoms with Crippen LogP contribution in [0.1, 0.15) is 26.9 Å². The average Bonchev–Trinajstić information content (AvgIpc) is 2.69. The minimum atomic E-state index is -4.44. The quantitative estimate of drug-likeness (QED) is 0.651. The Labute approximate surface area is 158 Å². The number of sulfone groups is 1. The maximum atomic E-state index is 14.5. The van der Waals surface area contributed by atoms with Gasteiger partial charge in [0.1, 0.15) is 16.8 Å². The van der Waals surface area contributed by atoms with Gasteiger partial charge in [-0.2, -0.15) is 0 Å². The number of hydrogen-bond acceptors (Lipinski definition) is 4. The van der Waals surface area contributed by atoms with Gasteiger partial charge in [0.15, 0.2) is 21.5 Å². The first-order valence-corrected chi connectivity index (χ1v) is 9.39. The number of carboxylic acids is 1. The number of rotatable bonds is 5. The summed E-state index contributed by atoms with van der Waals surface area (Å²) in [5.41, 5.74) is -1.61. The Morgan fingerprint density at radius 3 is 2.14 bits per heavy atom. The maximum Gasteiger partial charge on any atom is 0.354 e. The van der Waals surface area contributed by atoms with Gasteiger partial charge < -0.3 is 5.11 Å². The van der Waals surface area contributed by atoms with Gasteiger partial charge in [-0.05, 0) is 35.9 Å². The molecule has 0 aliphatic carbocycles. The molecule has 0 aliphatic rings. The molecule has 144 valence electrons. The number of aromatic carboxylic acids is 1. The highest BCUT2D eigenvalue weighted by Crippen LogP contribution is 2.38. The molecule has 1 atom stereocenters. The van der Waals surface area contributed by atoms with Gasteiger partial charge in [0, 0.05) is 11.8 Å². The van der Waals surface area contributed by atoms with Crippen LogP contribution in [0.2, 0.25) is 0 Å². The van der Waals surface area contributed by atoms with Crippen molar-refractivity contribution in [2.45, 2.75) is 10.1 Å². The standard InChI is InChI=1S/C19H12F3NO4S/c20-13-7-8-14(21)17(22)16(13)18(11-6-9-15(19(24)25)23-10-11)28(26,27)12-4-2-1-3-5-12/h1-10,18H,(H,24,25). The van der Waals surface area contributed by atoms with Gasteiger partial charge in [0.2, 0.25) is 0 Å². The van der Waals surface area contributed by atoms with Crippen molar-refractivity contribution in [3.05, 3.63) is 95.1 Å². The fraction of sp³-hybridized carbons (Fsp3) is 0.0526. The molecule has 0 bridgehead atoms. The largest absolute Gasteiger partial charge is 0.477 e. The molecule has 2 aromatic carbocycles. The fourth-order valence-electron chi connectivity index (χ4n) is 2.72. The smallest absolute Gasteiger partial charge is 0.354 e. The lowest BCUT2D eigenvalue weighted by Crippen LogP contribution is -2.19. The topological polar surface area (TPSA) is 84.3 Å². The van der Waals surface area contributed by atoms with Crippen LogP contribution in [0, 0.1) is 17.5 Å². The summed E-state index contributed by atoms with van der Waals surface area (Å²) < 4.78 is 69.0. The summed E-state index contributed by atoms with van der Waals surface area (Å²) in [5, 5.41) is 6.97. The Kier molecular flexibility index (Phi) is 5.19. The number of nitrogens with zero attached hydrogens (tertiary/aromatic N) is 1. The number of carboxylic acid groups (broad SMARTS) is 1. The van der Waals surface area contributed by atoms with E-state index in [0.717, 1.165) is 18.3 Å². The molecule has 28 heavy (non-hydrogen) atoms. The molecule has 1 heterocycles. The molecule has 0 spiro atoms. The van der Waals surface area contributed by atoms with E-state index < -0.39 is 44.1 Å². The second kappa shape index (κ2) is 7.43. The van der Waals surface area contributed by atoms with E-state index in [1.807, 2.05) is 0 Å². The third-order valence-electron chi connectivity index (χ3n) is 4.03. The number of carbonyl (C=O) groups is 1. The number of pyridine rings is 1. The first-order valence-electron chi connectivity index (χ1n) is 7.85. The number of halogens is 3. The van der Waals surface area contributed by atoms with Gasteiger partial charge in [-0.3, -0.25) is 0 Å². The van der Waals surface area contributed by atoms with Crippen LogP contribution in [-0.2, 0) is 9.84 Å². The minimum Gasteiger partial charge on any atom is -0.477 e. The van der Waals surface area contributed by atoms with Crippen LogP contribution in [0.3, 0.4) is 0 Å². The van der Waals surface area contributed by atoms with E-state index in [1.165, 1.54) is 24.3 Å². The van der Waals surface area contributed by atoms with Crippen molar-refractivity contribution in [2.75, 3.05) is 0 Å². The SMILES string of the molecule is O=C(O)c1ccc(C(c2c(F)ccc(F)c2F)S(=O)(=O)c2ccccc2)cn1. The van der Waals surface area contributed by atoms with E-state index in [2.05, 4.69) is 4.98 Å². The lowest BCUT2D eigenvalue weighted by molar-refractivity contribution is 0.0690. The van der Waals surface area contributed by atoms with E-state index in [1.54, 1.807) is 6.07 Å². The van der Waals surface area contributed by atoms with Crippen molar-refractivity contribution in [2.24, 2.45) is 0 Å². The van der Waals surface area contributed by atoms with Crippen molar-refractivity contribution >= 4 is 15.8 Å². The Bertz CT molecular complexity index is 1130. The Hall–Kier alpha value is -3.20. The summed E-state index contributed by atoms with van der Waals surface area (Å²) in [5.74, 6) is -5.69. The third-order valence-corrected chi connectivity index (χ3v) is 6.09. The van der Waals surface area contributed by atoms with E-state index in [4.69, 9.17) is 5.11 Å². The van der Waals surface area contributed by atoms with Gasteiger partial charge >= 0.3 is 5.97 Å². The lowest BCUT2D eigenvalue weighted by atomic mass is 10.0. The second-order valence-corrected chi connectivity index (χ2v) is 7.81. The van der Waals surface area contributed by atoms with Crippen molar-refractivity contribution in [3.63, 3.8) is 0 Å². The molecular formula is C19H12F3NO4S. The van der Waals surface area contributed by atoms with Crippen molar-refractivity contribution in [1.82, 2.24) is 4.98 Å². The molecular weight excluding hydrogens is 395 g/mol. The van der Waals surface area contributed by atoms with Crippen LogP contribution in [0.4, 0.5) is 13.2 Å². The Morgan fingerprint density at radius 1 is 0.929 bits per heavy atom. The number of benzene rings is 2. The predicted molar refractivity (Wildman–Crippen MR) is 93.0 cm³/mol. The van der Waals surface area contributed by atoms with E-state index >= 15 is 0 Å². The van der Waals surface area contributed by atoms with Gasteiger partial charge in [-0.25, -0.2) is 31.4 Å². The van der Waals surface area contributed by atoms with E-state index in [-0.39, 0.29) is 16.2 Å². The first kappa shape index (κ1) is 19.6. The summed E-state index contributed by atoms with van der Waals surface area (Å²) in [7, 11) is -4.44. The van der Waals surface area contributed by atoms with Crippen LogP contribution in [-0.4, -0.2) is 24.5 Å². The maximum absolute atomic E-state index is 14.5. The molecule has 0 amide bonds. The normalized spacial score (nSPS) is 12.5. The van der Waals surface area contributed by atoms with E-state index in [9.17, 15) is 26.4 Å². The highest BCUT2D eigenvalue weighted by molar-refractivity contribution is 7.91. The highest BCUT2D eigenvalue weighted by Gasteiger charge is 2.36. The Balaban J connectivity index is 2.30. The summed E-state index contributed by atoms with van der Waals surface area (Å²) in [4.78, 5) is 14.3. The van der Waals surface area contributed by atoms with Crippen molar-refractivity contribution < 1.29 is 31.5 Å². The summed E-state index contributed by atoms with van der Waals surface area (Å²) >= 11 is 0. The van der Waals surface area contributed by atoms with Crippen LogP contribution in [0.25, 0.3) is 0 Å². The van der Waals surface area contributed by atoms with Crippen molar-refractivity contribution in [1.29, 1.82) is 0 Å². The van der Waals surface area contributed by atoms with Crippen LogP contribution in [0.5, 0.6) is 0 Å². The fourth-order valence-corrected chi connectivity index (χ4v) is 4.55. The molecule has 3 rings (SSSR count). The van der Waals surface area contributed by atoms with Gasteiger partial charge in [-0.1, -0.05) is 24.3 Å². The molecule has 1 unspecified atom stereocenters. The van der Waals surface area contributed by atoms with Crippen LogP contribution in [0.15, 0.2) is 65.7 Å². The summed E-state index contributed by atoms with van der Waals surface area (Å²) in [6.07, 6.45) is 0.887. The third kappa shape index (κ3) is 3.48. The van der Waals surface area contributed by atoms with Gasteiger partial charge in [0.05, 0.1) is 4.90 Å². The monoisotopic (exact) mass is 407 g/mol. The summed E-state index contributed by atoms with van der Waals surface area (Å²) in [6, 6.07) is 10.1. The molecule has 1 aromatic heterocycles. The zero-order valence-corrected chi connectivity index (χ0v) is 14.8. The van der Waals surface area contributed by atoms with Crippen LogP contribution >= 0.6 is 0 Å². The average molecular weight is 407 g/mol. The number of hydrogen-bond donors (Lipinski definition) is 1. The predicted octanol–water partition coefficient (Wildman–Crippen LogP) is 3.76. The molecule has 3 aromatic rings. The lowest BCUT2D eigenvalue weighted by Gasteiger charge is -2.20. The minimum absolute atomic E-state index is 0.211. The zero-order chi connectivity index (χ0) is 20.5. The number of aromatic nitrogens is 1. The molecule has 0 saturated heterocycles. The van der Waals surface area contributed by atoms with Crippen LogP contribution < -0.4 is 0 Å². The Morgan fingerprint density at radius 2 is 1.57 bits per heavy atom. The molecule has 0 aliphatic heterocycles. The molecule has 0 radical (unpaired) electrons.